The summed E-state index contributed by atoms with van der Waals surface area (Å²) in [5.41, 5.74) is 1.14. The number of carbonyl (C=O) groups excluding carboxylic acids is 2. The molecule has 2 aliphatic heterocycles. The van der Waals surface area contributed by atoms with Gasteiger partial charge in [0, 0.05) is 26.2 Å². The van der Waals surface area contributed by atoms with Crippen LogP contribution in [0.15, 0.2) is 24.3 Å². The topological polar surface area (TPSA) is 61.4 Å². The van der Waals surface area contributed by atoms with Crippen molar-refractivity contribution in [1.29, 1.82) is 0 Å². The van der Waals surface area contributed by atoms with Gasteiger partial charge in [-0.05, 0) is 31.4 Å². The van der Waals surface area contributed by atoms with Gasteiger partial charge in [-0.15, -0.1) is 0 Å². The molecule has 5 nitrogen and oxygen atoms in total. The minimum Gasteiger partial charge on any atom is -0.345 e. The summed E-state index contributed by atoms with van der Waals surface area (Å²) in [5, 5.41) is 6.41. The lowest BCUT2D eigenvalue weighted by molar-refractivity contribution is -0.120. The molecule has 2 bridgehead atoms. The molecule has 2 aliphatic rings. The Morgan fingerprint density at radius 3 is 2.62 bits per heavy atom. The standard InChI is InChI=1S/C16H21N3O2/c1-19(2)16(21)11-5-3-4-6-13(11)18-15(20)12-9-10-7-8-14(12)17-10/h3-6,10,12,14,17H,7-9H2,1-2H3,(H,18,20). The molecule has 2 fully saturated rings. The molecule has 5 heteroatoms. The molecule has 2 N–H and O–H groups in total. The molecule has 3 rings (SSSR count). The highest BCUT2D eigenvalue weighted by atomic mass is 16.2. The summed E-state index contributed by atoms with van der Waals surface area (Å²) >= 11 is 0. The zero-order valence-corrected chi connectivity index (χ0v) is 12.4. The number of anilines is 1. The minimum atomic E-state index is -0.100. The van der Waals surface area contributed by atoms with Crippen LogP contribution >= 0.6 is 0 Å². The summed E-state index contributed by atoms with van der Waals surface area (Å²) in [5.74, 6) is -0.0584. The fraction of sp³-hybridized carbons (Fsp3) is 0.500. The summed E-state index contributed by atoms with van der Waals surface area (Å²) in [6.45, 7) is 0. The van der Waals surface area contributed by atoms with Gasteiger partial charge in [-0.25, -0.2) is 0 Å². The molecular weight excluding hydrogens is 266 g/mol. The van der Waals surface area contributed by atoms with Crippen molar-refractivity contribution in [2.75, 3.05) is 19.4 Å². The predicted molar refractivity (Wildman–Crippen MR) is 81.1 cm³/mol. The Bertz CT molecular complexity index is 570. The molecule has 2 heterocycles. The van der Waals surface area contributed by atoms with E-state index in [1.54, 1.807) is 26.2 Å². The van der Waals surface area contributed by atoms with Crippen molar-refractivity contribution in [2.45, 2.75) is 31.3 Å². The number of nitrogens with zero attached hydrogens (tertiary/aromatic N) is 1. The predicted octanol–water partition coefficient (Wildman–Crippen LogP) is 1.47. The molecule has 2 amide bonds. The first kappa shape index (κ1) is 14.1. The van der Waals surface area contributed by atoms with Crippen LogP contribution in [0.1, 0.15) is 29.6 Å². The average Bonchev–Trinajstić information content (AvgIpc) is 3.09. The van der Waals surface area contributed by atoms with Crippen LogP contribution in [0.4, 0.5) is 5.69 Å². The lowest BCUT2D eigenvalue weighted by Gasteiger charge is -2.21. The van der Waals surface area contributed by atoms with E-state index in [0.29, 0.717) is 23.3 Å². The number of nitrogens with one attached hydrogen (secondary N) is 2. The maximum atomic E-state index is 12.5. The number of hydrogen-bond acceptors (Lipinski definition) is 3. The molecule has 3 atom stereocenters. The van der Waals surface area contributed by atoms with E-state index in [1.807, 2.05) is 12.1 Å². The molecule has 112 valence electrons. The van der Waals surface area contributed by atoms with E-state index in [2.05, 4.69) is 10.6 Å². The second-order valence-corrected chi connectivity index (χ2v) is 6.12. The fourth-order valence-corrected chi connectivity index (χ4v) is 3.36. The quantitative estimate of drug-likeness (QED) is 0.885. The number of benzene rings is 1. The van der Waals surface area contributed by atoms with Crippen LogP contribution in [0, 0.1) is 5.92 Å². The van der Waals surface area contributed by atoms with E-state index in [0.717, 1.165) is 12.8 Å². The highest BCUT2D eigenvalue weighted by Crippen LogP contribution is 2.34. The van der Waals surface area contributed by atoms with Crippen LogP contribution in [0.3, 0.4) is 0 Å². The summed E-state index contributed by atoms with van der Waals surface area (Å²) < 4.78 is 0. The van der Waals surface area contributed by atoms with Crippen molar-refractivity contribution in [3.63, 3.8) is 0 Å². The molecule has 0 aliphatic carbocycles. The maximum absolute atomic E-state index is 12.5. The van der Waals surface area contributed by atoms with Crippen molar-refractivity contribution >= 4 is 17.5 Å². The Morgan fingerprint density at radius 1 is 1.24 bits per heavy atom. The van der Waals surface area contributed by atoms with Gasteiger partial charge in [0.1, 0.15) is 0 Å². The van der Waals surface area contributed by atoms with Gasteiger partial charge in [0.25, 0.3) is 5.91 Å². The molecule has 1 aromatic carbocycles. The van der Waals surface area contributed by atoms with Crippen molar-refractivity contribution in [3.05, 3.63) is 29.8 Å². The highest BCUT2D eigenvalue weighted by molar-refractivity contribution is 6.04. The number of rotatable bonds is 3. The van der Waals surface area contributed by atoms with Gasteiger partial charge in [0.05, 0.1) is 17.2 Å². The Morgan fingerprint density at radius 2 is 2.00 bits per heavy atom. The second kappa shape index (κ2) is 5.48. The van der Waals surface area contributed by atoms with E-state index in [-0.39, 0.29) is 17.7 Å². The molecular formula is C16H21N3O2. The van der Waals surface area contributed by atoms with E-state index >= 15 is 0 Å². The first-order chi connectivity index (χ1) is 10.1. The summed E-state index contributed by atoms with van der Waals surface area (Å²) in [6.07, 6.45) is 3.14. The molecule has 21 heavy (non-hydrogen) atoms. The van der Waals surface area contributed by atoms with Crippen LogP contribution in [0.5, 0.6) is 0 Å². The number of fused-ring (bicyclic) bond motifs is 2. The zero-order valence-electron chi connectivity index (χ0n) is 12.4. The summed E-state index contributed by atoms with van der Waals surface area (Å²) in [4.78, 5) is 26.1. The normalized spacial score (nSPS) is 26.7. The van der Waals surface area contributed by atoms with E-state index in [4.69, 9.17) is 0 Å². The van der Waals surface area contributed by atoms with Gasteiger partial charge in [-0.2, -0.15) is 0 Å². The number of amides is 2. The number of carbonyl (C=O) groups is 2. The fourth-order valence-electron chi connectivity index (χ4n) is 3.36. The Hall–Kier alpha value is -1.88. The SMILES string of the molecule is CN(C)C(=O)c1ccccc1NC(=O)C1CC2CCC1N2. The molecule has 3 unspecified atom stereocenters. The molecule has 1 aromatic rings. The van der Waals surface area contributed by atoms with Crippen molar-refractivity contribution in [1.82, 2.24) is 10.2 Å². The van der Waals surface area contributed by atoms with Gasteiger partial charge < -0.3 is 15.5 Å². The third kappa shape index (κ3) is 2.65. The largest absolute Gasteiger partial charge is 0.345 e. The molecule has 0 aromatic heterocycles. The molecule has 2 saturated heterocycles. The van der Waals surface area contributed by atoms with E-state index < -0.39 is 0 Å². The first-order valence-corrected chi connectivity index (χ1v) is 7.44. The van der Waals surface area contributed by atoms with Crippen LogP contribution < -0.4 is 10.6 Å². The number of para-hydroxylation sites is 1. The zero-order chi connectivity index (χ0) is 15.0. The van der Waals surface area contributed by atoms with Gasteiger partial charge in [-0.3, -0.25) is 9.59 Å². The monoisotopic (exact) mass is 287 g/mol. The van der Waals surface area contributed by atoms with Crippen LogP contribution in [0.2, 0.25) is 0 Å². The lowest BCUT2D eigenvalue weighted by atomic mass is 9.88. The Balaban J connectivity index is 1.76. The second-order valence-electron chi connectivity index (χ2n) is 6.12. The Kier molecular flexibility index (Phi) is 3.68. The van der Waals surface area contributed by atoms with Crippen LogP contribution in [-0.2, 0) is 4.79 Å². The highest BCUT2D eigenvalue weighted by Gasteiger charge is 2.42. The number of hydrogen-bond donors (Lipinski definition) is 2. The van der Waals surface area contributed by atoms with Gasteiger partial charge >= 0.3 is 0 Å². The lowest BCUT2D eigenvalue weighted by Crippen LogP contribution is -2.33. The van der Waals surface area contributed by atoms with Gasteiger partial charge in [-0.1, -0.05) is 12.1 Å². The van der Waals surface area contributed by atoms with Gasteiger partial charge in [0.2, 0.25) is 5.91 Å². The third-order valence-electron chi connectivity index (χ3n) is 4.46. The van der Waals surface area contributed by atoms with Crippen molar-refractivity contribution in [2.24, 2.45) is 5.92 Å². The third-order valence-corrected chi connectivity index (χ3v) is 4.46. The van der Waals surface area contributed by atoms with Crippen molar-refractivity contribution < 1.29 is 9.59 Å². The summed E-state index contributed by atoms with van der Waals surface area (Å²) in [6, 6.07) is 7.97. The smallest absolute Gasteiger partial charge is 0.255 e. The van der Waals surface area contributed by atoms with Gasteiger partial charge in [0.15, 0.2) is 0 Å². The molecule has 0 spiro atoms. The first-order valence-electron chi connectivity index (χ1n) is 7.44. The minimum absolute atomic E-state index is 0.0197. The summed E-state index contributed by atoms with van der Waals surface area (Å²) in [7, 11) is 3.42. The molecule has 0 radical (unpaired) electrons. The van der Waals surface area contributed by atoms with E-state index in [9.17, 15) is 9.59 Å². The van der Waals surface area contributed by atoms with Crippen LogP contribution in [0.25, 0.3) is 0 Å². The molecule has 0 saturated carbocycles. The Labute approximate surface area is 124 Å². The van der Waals surface area contributed by atoms with Crippen molar-refractivity contribution in [3.8, 4) is 0 Å². The maximum Gasteiger partial charge on any atom is 0.255 e. The van der Waals surface area contributed by atoms with Crippen LogP contribution in [-0.4, -0.2) is 42.9 Å². The van der Waals surface area contributed by atoms with E-state index in [1.165, 1.54) is 11.3 Å². The average molecular weight is 287 g/mol.